The number of hydrogen-bond acceptors (Lipinski definition) is 3. The summed E-state index contributed by atoms with van der Waals surface area (Å²) in [7, 11) is 1.91. The Kier molecular flexibility index (Phi) is 4.90. The third kappa shape index (κ3) is 4.51. The van der Waals surface area contributed by atoms with E-state index in [1.54, 1.807) is 0 Å². The first kappa shape index (κ1) is 14.3. The number of carboxylic acids is 1. The lowest BCUT2D eigenvalue weighted by Crippen LogP contribution is -2.21. The molecule has 2 aromatic rings. The van der Waals surface area contributed by atoms with Crippen LogP contribution >= 0.6 is 0 Å². The highest BCUT2D eigenvalue weighted by molar-refractivity contribution is 5.66. The predicted molar refractivity (Wildman–Crippen MR) is 76.4 cm³/mol. The van der Waals surface area contributed by atoms with Crippen LogP contribution in [0.1, 0.15) is 17.5 Å². The normalized spacial score (nSPS) is 10.9. The molecule has 20 heavy (non-hydrogen) atoms. The topological polar surface area (TPSA) is 58.4 Å². The van der Waals surface area contributed by atoms with E-state index in [4.69, 9.17) is 5.11 Å². The number of carboxylic acid groups (broad SMARTS) is 1. The molecule has 1 aromatic carbocycles. The Morgan fingerprint density at radius 3 is 2.75 bits per heavy atom. The molecule has 0 radical (unpaired) electrons. The van der Waals surface area contributed by atoms with Gasteiger partial charge in [0.1, 0.15) is 0 Å². The highest BCUT2D eigenvalue weighted by Gasteiger charge is 2.05. The van der Waals surface area contributed by atoms with Gasteiger partial charge >= 0.3 is 5.97 Å². The van der Waals surface area contributed by atoms with Crippen molar-refractivity contribution in [3.63, 3.8) is 0 Å². The van der Waals surface area contributed by atoms with Crippen molar-refractivity contribution in [3.05, 3.63) is 53.9 Å². The highest BCUT2D eigenvalue weighted by Crippen LogP contribution is 2.06. The molecule has 0 fully saturated rings. The van der Waals surface area contributed by atoms with E-state index in [2.05, 4.69) is 17.2 Å². The third-order valence-corrected chi connectivity index (χ3v) is 3.03. The Labute approximate surface area is 118 Å². The van der Waals surface area contributed by atoms with Crippen LogP contribution in [0, 0.1) is 0 Å². The van der Waals surface area contributed by atoms with E-state index < -0.39 is 5.97 Å². The minimum absolute atomic E-state index is 0.161. The maximum absolute atomic E-state index is 10.5. The number of benzene rings is 1. The summed E-state index contributed by atoms with van der Waals surface area (Å²) in [5, 5.41) is 13.0. The second kappa shape index (κ2) is 6.86. The number of aromatic nitrogens is 2. The number of nitrogens with zero attached hydrogens (tertiary/aromatic N) is 3. The van der Waals surface area contributed by atoms with E-state index in [9.17, 15) is 4.79 Å². The summed E-state index contributed by atoms with van der Waals surface area (Å²) in [6, 6.07) is 10.2. The molecule has 0 atom stereocenters. The van der Waals surface area contributed by atoms with Crippen LogP contribution in [0.5, 0.6) is 0 Å². The Morgan fingerprint density at radius 2 is 2.05 bits per heavy atom. The first-order valence-electron chi connectivity index (χ1n) is 6.59. The minimum atomic E-state index is -0.767. The summed E-state index contributed by atoms with van der Waals surface area (Å²) in [6.45, 7) is 2.00. The number of rotatable bonds is 7. The summed E-state index contributed by atoms with van der Waals surface area (Å²) in [5.74, 6) is -0.767. The van der Waals surface area contributed by atoms with Gasteiger partial charge in [-0.25, -0.2) is 0 Å². The number of carbonyl (C=O) groups is 1. The minimum Gasteiger partial charge on any atom is -0.481 e. The van der Waals surface area contributed by atoms with E-state index in [-0.39, 0.29) is 6.42 Å². The van der Waals surface area contributed by atoms with Crippen LogP contribution < -0.4 is 0 Å². The fraction of sp³-hybridized carbons (Fsp3) is 0.333. The first-order valence-corrected chi connectivity index (χ1v) is 6.59. The fourth-order valence-corrected chi connectivity index (χ4v) is 2.02. The molecular weight excluding hydrogens is 254 g/mol. The molecule has 0 bridgehead atoms. The summed E-state index contributed by atoms with van der Waals surface area (Å²) in [6.07, 6.45) is 4.00. The van der Waals surface area contributed by atoms with Gasteiger partial charge in [0.2, 0.25) is 0 Å². The Balaban J connectivity index is 1.87. The summed E-state index contributed by atoms with van der Waals surface area (Å²) < 4.78 is 1.90. The molecule has 5 nitrogen and oxygen atoms in total. The van der Waals surface area contributed by atoms with Gasteiger partial charge in [-0.2, -0.15) is 5.10 Å². The zero-order chi connectivity index (χ0) is 14.4. The largest absolute Gasteiger partial charge is 0.481 e. The zero-order valence-corrected chi connectivity index (χ0v) is 11.6. The van der Waals surface area contributed by atoms with Crippen LogP contribution in [-0.2, 0) is 17.9 Å². The highest BCUT2D eigenvalue weighted by atomic mass is 16.4. The number of aliphatic carboxylic acids is 1. The van der Waals surface area contributed by atoms with Gasteiger partial charge < -0.3 is 10.0 Å². The average molecular weight is 273 g/mol. The molecule has 0 aliphatic rings. The standard InChI is InChI=1S/C15H19N3O2/c1-17(8-7-15(19)20)10-14-9-16-18(12-14)11-13-5-3-2-4-6-13/h2-6,9,12H,7-8,10-11H2,1H3,(H,19,20). The third-order valence-electron chi connectivity index (χ3n) is 3.03. The van der Waals surface area contributed by atoms with Crippen molar-refractivity contribution in [2.45, 2.75) is 19.5 Å². The Morgan fingerprint density at radius 1 is 1.30 bits per heavy atom. The average Bonchev–Trinajstić information content (AvgIpc) is 2.85. The van der Waals surface area contributed by atoms with Gasteiger partial charge in [-0.15, -0.1) is 0 Å². The molecule has 0 saturated carbocycles. The Hall–Kier alpha value is -2.14. The van der Waals surface area contributed by atoms with Crippen molar-refractivity contribution in [1.82, 2.24) is 14.7 Å². The monoisotopic (exact) mass is 273 g/mol. The smallest absolute Gasteiger partial charge is 0.304 e. The van der Waals surface area contributed by atoms with Crippen LogP contribution in [0.4, 0.5) is 0 Å². The Bertz CT molecular complexity index is 551. The van der Waals surface area contributed by atoms with Crippen molar-refractivity contribution in [2.24, 2.45) is 0 Å². The molecule has 1 N–H and O–H groups in total. The maximum atomic E-state index is 10.5. The van der Waals surface area contributed by atoms with E-state index in [1.807, 2.05) is 47.2 Å². The van der Waals surface area contributed by atoms with E-state index >= 15 is 0 Å². The van der Waals surface area contributed by atoms with Gasteiger partial charge in [-0.3, -0.25) is 9.48 Å². The molecular formula is C15H19N3O2. The molecule has 106 valence electrons. The van der Waals surface area contributed by atoms with Crippen molar-refractivity contribution in [2.75, 3.05) is 13.6 Å². The van der Waals surface area contributed by atoms with Crippen molar-refractivity contribution < 1.29 is 9.90 Å². The first-order chi connectivity index (χ1) is 9.63. The maximum Gasteiger partial charge on any atom is 0.304 e. The van der Waals surface area contributed by atoms with Gasteiger partial charge in [-0.05, 0) is 12.6 Å². The van der Waals surface area contributed by atoms with Gasteiger partial charge in [0.15, 0.2) is 0 Å². The quantitative estimate of drug-likeness (QED) is 0.836. The van der Waals surface area contributed by atoms with Crippen LogP contribution in [-0.4, -0.2) is 39.3 Å². The molecule has 0 amide bonds. The molecule has 0 aliphatic heterocycles. The van der Waals surface area contributed by atoms with Gasteiger partial charge in [-0.1, -0.05) is 30.3 Å². The molecule has 0 spiro atoms. The molecule has 0 saturated heterocycles. The van der Waals surface area contributed by atoms with Crippen LogP contribution in [0.25, 0.3) is 0 Å². The van der Waals surface area contributed by atoms with Crippen LogP contribution in [0.2, 0.25) is 0 Å². The molecule has 0 aliphatic carbocycles. The molecule has 5 heteroatoms. The van der Waals surface area contributed by atoms with Crippen molar-refractivity contribution in [1.29, 1.82) is 0 Å². The van der Waals surface area contributed by atoms with Crippen LogP contribution in [0.15, 0.2) is 42.7 Å². The van der Waals surface area contributed by atoms with Crippen molar-refractivity contribution in [3.8, 4) is 0 Å². The van der Waals surface area contributed by atoms with E-state index in [0.717, 1.165) is 12.1 Å². The lowest BCUT2D eigenvalue weighted by molar-refractivity contribution is -0.137. The predicted octanol–water partition coefficient (Wildman–Crippen LogP) is 1.84. The lowest BCUT2D eigenvalue weighted by atomic mass is 10.2. The fourth-order valence-electron chi connectivity index (χ4n) is 2.02. The second-order valence-electron chi connectivity index (χ2n) is 4.91. The second-order valence-corrected chi connectivity index (χ2v) is 4.91. The molecule has 1 aromatic heterocycles. The number of hydrogen-bond donors (Lipinski definition) is 1. The van der Waals surface area contributed by atoms with Crippen LogP contribution in [0.3, 0.4) is 0 Å². The molecule has 0 unspecified atom stereocenters. The van der Waals surface area contributed by atoms with E-state index in [0.29, 0.717) is 13.1 Å². The van der Waals surface area contributed by atoms with Gasteiger partial charge in [0.25, 0.3) is 0 Å². The summed E-state index contributed by atoms with van der Waals surface area (Å²) in [4.78, 5) is 12.5. The summed E-state index contributed by atoms with van der Waals surface area (Å²) in [5.41, 5.74) is 2.30. The molecule has 1 heterocycles. The zero-order valence-electron chi connectivity index (χ0n) is 11.6. The molecule has 2 rings (SSSR count). The summed E-state index contributed by atoms with van der Waals surface area (Å²) >= 11 is 0. The lowest BCUT2D eigenvalue weighted by Gasteiger charge is -2.13. The van der Waals surface area contributed by atoms with Gasteiger partial charge in [0.05, 0.1) is 19.2 Å². The van der Waals surface area contributed by atoms with E-state index in [1.165, 1.54) is 5.56 Å². The van der Waals surface area contributed by atoms with Gasteiger partial charge in [0, 0.05) is 24.8 Å². The SMILES string of the molecule is CN(CCC(=O)O)Cc1cnn(Cc2ccccc2)c1. The van der Waals surface area contributed by atoms with Crippen molar-refractivity contribution >= 4 is 5.97 Å².